The third-order valence-electron chi connectivity index (χ3n) is 2.32. The molecule has 0 N–H and O–H groups in total. The van der Waals surface area contributed by atoms with E-state index in [1.54, 1.807) is 12.1 Å². The van der Waals surface area contributed by atoms with Crippen LogP contribution in [0.2, 0.25) is 0 Å². The van der Waals surface area contributed by atoms with Crippen molar-refractivity contribution < 1.29 is 4.39 Å². The van der Waals surface area contributed by atoms with Gasteiger partial charge < -0.3 is 0 Å². The van der Waals surface area contributed by atoms with E-state index in [1.165, 1.54) is 12.1 Å². The van der Waals surface area contributed by atoms with E-state index in [1.807, 2.05) is 13.0 Å². The molecule has 0 saturated carbocycles. The summed E-state index contributed by atoms with van der Waals surface area (Å²) in [6, 6.07) is 10.2. The normalized spacial score (nSPS) is 10.1. The molecule has 0 spiro atoms. The average Bonchev–Trinajstić information content (AvgIpc) is 2.19. The van der Waals surface area contributed by atoms with Gasteiger partial charge >= 0.3 is 0 Å². The monoisotopic (exact) mass is 185 g/mol. The van der Waals surface area contributed by atoms with Gasteiger partial charge in [0.15, 0.2) is 0 Å². The lowest BCUT2D eigenvalue weighted by atomic mass is 10.0. The van der Waals surface area contributed by atoms with Crippen molar-refractivity contribution in [1.29, 1.82) is 5.26 Å². The highest BCUT2D eigenvalue weighted by Crippen LogP contribution is 2.22. The van der Waals surface area contributed by atoms with Crippen molar-refractivity contribution in [2.24, 2.45) is 0 Å². The quantitative estimate of drug-likeness (QED) is 0.618. The zero-order valence-electron chi connectivity index (χ0n) is 7.71. The molecule has 0 unspecified atom stereocenters. The molecule has 0 aromatic heterocycles. The molecule has 14 heavy (non-hydrogen) atoms. The standard InChI is InChI=1S/C12H8FN/c1-8-2-3-9(7-14)11-5-4-10(13)6-12(8)11/h2-6H,1H3. The molecule has 2 aromatic carbocycles. The van der Waals surface area contributed by atoms with Crippen molar-refractivity contribution in [3.05, 3.63) is 47.3 Å². The second kappa shape index (κ2) is 3.12. The summed E-state index contributed by atoms with van der Waals surface area (Å²) in [6.45, 7) is 1.91. The summed E-state index contributed by atoms with van der Waals surface area (Å²) in [4.78, 5) is 0. The number of benzene rings is 2. The fourth-order valence-corrected chi connectivity index (χ4v) is 1.56. The number of aryl methyl sites for hydroxylation is 1. The Morgan fingerprint density at radius 3 is 2.64 bits per heavy atom. The van der Waals surface area contributed by atoms with Crippen LogP contribution in [0.5, 0.6) is 0 Å². The predicted octanol–water partition coefficient (Wildman–Crippen LogP) is 3.16. The minimum Gasteiger partial charge on any atom is -0.207 e. The molecule has 0 fully saturated rings. The van der Waals surface area contributed by atoms with Gasteiger partial charge in [-0.2, -0.15) is 5.26 Å². The topological polar surface area (TPSA) is 23.8 Å². The van der Waals surface area contributed by atoms with Crippen LogP contribution in [0, 0.1) is 24.1 Å². The number of halogens is 1. The predicted molar refractivity (Wildman–Crippen MR) is 53.4 cm³/mol. The first-order chi connectivity index (χ1) is 6.72. The van der Waals surface area contributed by atoms with Crippen LogP contribution in [0.25, 0.3) is 10.8 Å². The molecule has 0 aliphatic heterocycles. The molecule has 2 aromatic rings. The van der Waals surface area contributed by atoms with Crippen LogP contribution < -0.4 is 0 Å². The Bertz CT molecular complexity index is 538. The van der Waals surface area contributed by atoms with Crippen molar-refractivity contribution in [3.63, 3.8) is 0 Å². The molecule has 0 amide bonds. The average molecular weight is 185 g/mol. The summed E-state index contributed by atoms with van der Waals surface area (Å²) in [5, 5.41) is 10.5. The van der Waals surface area contributed by atoms with Crippen molar-refractivity contribution in [1.82, 2.24) is 0 Å². The lowest BCUT2D eigenvalue weighted by Crippen LogP contribution is -1.84. The van der Waals surface area contributed by atoms with Crippen molar-refractivity contribution >= 4 is 10.8 Å². The lowest BCUT2D eigenvalue weighted by Gasteiger charge is -2.03. The maximum atomic E-state index is 13.0. The Kier molecular flexibility index (Phi) is 1.94. The van der Waals surface area contributed by atoms with Gasteiger partial charge in [-0.05, 0) is 41.5 Å². The SMILES string of the molecule is Cc1ccc(C#N)c2ccc(F)cc12. The van der Waals surface area contributed by atoms with Crippen LogP contribution in [-0.2, 0) is 0 Å². The summed E-state index contributed by atoms with van der Waals surface area (Å²) in [5.41, 5.74) is 1.57. The van der Waals surface area contributed by atoms with Crippen molar-refractivity contribution in [2.75, 3.05) is 0 Å². The molecule has 0 bridgehead atoms. The van der Waals surface area contributed by atoms with Crippen LogP contribution in [0.3, 0.4) is 0 Å². The molecule has 0 saturated heterocycles. The minimum absolute atomic E-state index is 0.268. The fraction of sp³-hybridized carbons (Fsp3) is 0.0833. The second-order valence-corrected chi connectivity index (χ2v) is 3.23. The van der Waals surface area contributed by atoms with Crippen LogP contribution in [0.15, 0.2) is 30.3 Å². The van der Waals surface area contributed by atoms with E-state index in [2.05, 4.69) is 6.07 Å². The van der Waals surface area contributed by atoms with E-state index in [-0.39, 0.29) is 5.82 Å². The lowest BCUT2D eigenvalue weighted by molar-refractivity contribution is 0.629. The maximum Gasteiger partial charge on any atom is 0.123 e. The second-order valence-electron chi connectivity index (χ2n) is 3.23. The third kappa shape index (κ3) is 1.23. The van der Waals surface area contributed by atoms with Gasteiger partial charge in [0.1, 0.15) is 5.82 Å². The molecule has 0 aliphatic carbocycles. The van der Waals surface area contributed by atoms with Gasteiger partial charge in [0.25, 0.3) is 0 Å². The Balaban J connectivity index is 2.93. The molecule has 0 radical (unpaired) electrons. The van der Waals surface area contributed by atoms with E-state index < -0.39 is 0 Å². The van der Waals surface area contributed by atoms with Gasteiger partial charge in [-0.1, -0.05) is 12.1 Å². The first kappa shape index (κ1) is 8.71. The highest BCUT2D eigenvalue weighted by Gasteiger charge is 2.03. The fourth-order valence-electron chi connectivity index (χ4n) is 1.56. The summed E-state index contributed by atoms with van der Waals surface area (Å²) in [5.74, 6) is -0.268. The number of fused-ring (bicyclic) bond motifs is 1. The number of nitriles is 1. The first-order valence-electron chi connectivity index (χ1n) is 4.31. The Hall–Kier alpha value is -1.88. The number of nitrogens with zero attached hydrogens (tertiary/aromatic N) is 1. The maximum absolute atomic E-state index is 13.0. The van der Waals surface area contributed by atoms with E-state index in [4.69, 9.17) is 5.26 Å². The van der Waals surface area contributed by atoms with Crippen molar-refractivity contribution in [3.8, 4) is 6.07 Å². The minimum atomic E-state index is -0.268. The molecular weight excluding hydrogens is 177 g/mol. The highest BCUT2D eigenvalue weighted by molar-refractivity contribution is 5.90. The number of hydrogen-bond acceptors (Lipinski definition) is 1. The number of rotatable bonds is 0. The smallest absolute Gasteiger partial charge is 0.123 e. The van der Waals surface area contributed by atoms with Crippen LogP contribution in [0.1, 0.15) is 11.1 Å². The van der Waals surface area contributed by atoms with Crippen LogP contribution >= 0.6 is 0 Å². The zero-order valence-corrected chi connectivity index (χ0v) is 7.71. The third-order valence-corrected chi connectivity index (χ3v) is 2.32. The Labute approximate surface area is 81.4 Å². The highest BCUT2D eigenvalue weighted by atomic mass is 19.1. The molecule has 68 valence electrons. The van der Waals surface area contributed by atoms with E-state index in [9.17, 15) is 4.39 Å². The Morgan fingerprint density at radius 2 is 1.93 bits per heavy atom. The van der Waals surface area contributed by atoms with E-state index in [0.29, 0.717) is 5.56 Å². The summed E-state index contributed by atoms with van der Waals surface area (Å²) < 4.78 is 13.0. The van der Waals surface area contributed by atoms with E-state index >= 15 is 0 Å². The molecule has 2 heteroatoms. The number of hydrogen-bond donors (Lipinski definition) is 0. The molecule has 0 atom stereocenters. The summed E-state index contributed by atoms with van der Waals surface area (Å²) in [7, 11) is 0. The zero-order chi connectivity index (χ0) is 10.1. The largest absolute Gasteiger partial charge is 0.207 e. The Morgan fingerprint density at radius 1 is 1.14 bits per heavy atom. The molecule has 0 aliphatic rings. The van der Waals surface area contributed by atoms with Gasteiger partial charge in [-0.3, -0.25) is 0 Å². The van der Waals surface area contributed by atoms with Gasteiger partial charge in [0.2, 0.25) is 0 Å². The first-order valence-corrected chi connectivity index (χ1v) is 4.31. The van der Waals surface area contributed by atoms with Crippen molar-refractivity contribution in [2.45, 2.75) is 6.92 Å². The molecule has 2 rings (SSSR count). The van der Waals surface area contributed by atoms with Gasteiger partial charge in [0, 0.05) is 0 Å². The van der Waals surface area contributed by atoms with Gasteiger partial charge in [-0.25, -0.2) is 4.39 Å². The van der Waals surface area contributed by atoms with Crippen LogP contribution in [-0.4, -0.2) is 0 Å². The van der Waals surface area contributed by atoms with Crippen LogP contribution in [0.4, 0.5) is 4.39 Å². The molecule has 1 nitrogen and oxygen atoms in total. The van der Waals surface area contributed by atoms with Gasteiger partial charge in [-0.15, -0.1) is 0 Å². The molecular formula is C12H8FN. The van der Waals surface area contributed by atoms with Gasteiger partial charge in [0.05, 0.1) is 11.6 Å². The van der Waals surface area contributed by atoms with E-state index in [0.717, 1.165) is 16.3 Å². The summed E-state index contributed by atoms with van der Waals surface area (Å²) in [6.07, 6.45) is 0. The molecule has 0 heterocycles. The summed E-state index contributed by atoms with van der Waals surface area (Å²) >= 11 is 0.